The summed E-state index contributed by atoms with van der Waals surface area (Å²) < 4.78 is 5.69. The Morgan fingerprint density at radius 2 is 1.24 bits per heavy atom. The van der Waals surface area contributed by atoms with E-state index in [1.54, 1.807) is 6.92 Å². The third-order valence-corrected chi connectivity index (χ3v) is 7.53. The van der Waals surface area contributed by atoms with Crippen LogP contribution in [-0.4, -0.2) is 5.97 Å². The van der Waals surface area contributed by atoms with Gasteiger partial charge in [-0.15, -0.1) is 0 Å². The highest BCUT2D eigenvalue weighted by atomic mass is 16.5. The molecule has 0 fully saturated rings. The monoisotopic (exact) mass is 500 g/mol. The lowest BCUT2D eigenvalue weighted by molar-refractivity contribution is -0.140. The molecule has 3 aromatic rings. The van der Waals surface area contributed by atoms with E-state index < -0.39 is 0 Å². The van der Waals surface area contributed by atoms with Crippen molar-refractivity contribution in [3.63, 3.8) is 0 Å². The van der Waals surface area contributed by atoms with Crippen LogP contribution in [0.4, 0.5) is 0 Å². The molecule has 3 rings (SSSR count). The van der Waals surface area contributed by atoms with Gasteiger partial charge in [-0.05, 0) is 71.3 Å². The smallest absolute Gasteiger partial charge is 0.333 e. The van der Waals surface area contributed by atoms with Crippen molar-refractivity contribution in [1.82, 2.24) is 0 Å². The predicted octanol–water partition coefficient (Wildman–Crippen LogP) is 10.4. The van der Waals surface area contributed by atoms with E-state index in [4.69, 9.17) is 4.74 Å². The molecule has 0 bridgehead atoms. The maximum atomic E-state index is 12.2. The maximum absolute atomic E-state index is 12.2. The van der Waals surface area contributed by atoms with Crippen molar-refractivity contribution >= 4 is 27.5 Å². The zero-order valence-corrected chi connectivity index (χ0v) is 23.7. The van der Waals surface area contributed by atoms with E-state index in [9.17, 15) is 4.79 Å². The zero-order chi connectivity index (χ0) is 26.5. The third kappa shape index (κ3) is 9.02. The molecule has 0 aliphatic carbocycles. The minimum absolute atomic E-state index is 0.275. The summed E-state index contributed by atoms with van der Waals surface area (Å²) in [6.45, 7) is 10.3. The lowest BCUT2D eigenvalue weighted by atomic mass is 9.93. The van der Waals surface area contributed by atoms with Crippen molar-refractivity contribution in [2.24, 2.45) is 0 Å². The molecule has 0 aliphatic rings. The average molecular weight is 501 g/mol. The highest BCUT2D eigenvalue weighted by Gasteiger charge is 2.13. The van der Waals surface area contributed by atoms with E-state index in [-0.39, 0.29) is 12.6 Å². The molecule has 0 saturated heterocycles. The van der Waals surface area contributed by atoms with E-state index in [0.717, 1.165) is 18.4 Å². The van der Waals surface area contributed by atoms with Gasteiger partial charge < -0.3 is 4.74 Å². The van der Waals surface area contributed by atoms with Gasteiger partial charge in [-0.2, -0.15) is 0 Å². The van der Waals surface area contributed by atoms with Gasteiger partial charge in [-0.3, -0.25) is 0 Å². The van der Waals surface area contributed by atoms with Gasteiger partial charge in [0.15, 0.2) is 0 Å². The van der Waals surface area contributed by atoms with E-state index in [1.807, 2.05) is 0 Å². The molecule has 37 heavy (non-hydrogen) atoms. The van der Waals surface area contributed by atoms with Gasteiger partial charge in [0.05, 0.1) is 0 Å². The van der Waals surface area contributed by atoms with Gasteiger partial charge >= 0.3 is 5.97 Å². The molecule has 0 radical (unpaired) electrons. The molecule has 0 unspecified atom stereocenters. The summed E-state index contributed by atoms with van der Waals surface area (Å²) in [5.41, 5.74) is 4.31. The molecular weight excluding hydrogens is 452 g/mol. The molecule has 0 heterocycles. The average Bonchev–Trinajstić information content (AvgIpc) is 2.90. The quantitative estimate of drug-likeness (QED) is 0.0797. The first-order valence-electron chi connectivity index (χ1n) is 14.8. The van der Waals surface area contributed by atoms with E-state index in [1.165, 1.54) is 110 Å². The molecule has 2 heteroatoms. The van der Waals surface area contributed by atoms with Crippen LogP contribution in [0.15, 0.2) is 54.6 Å². The van der Waals surface area contributed by atoms with Crippen LogP contribution >= 0.6 is 0 Å². The van der Waals surface area contributed by atoms with Gasteiger partial charge in [-0.1, -0.05) is 121 Å². The molecule has 0 saturated carbocycles. The molecule has 0 aromatic heterocycles. The minimum atomic E-state index is -0.326. The second-order valence-electron chi connectivity index (χ2n) is 10.9. The van der Waals surface area contributed by atoms with Crippen LogP contribution in [0.1, 0.15) is 115 Å². The SMILES string of the molecule is C=C(C)C(=O)OCc1c2ccc(CCCCCCCC)cc2cc2ccc(CCCCCCCC)cc12. The number of esters is 1. The predicted molar refractivity (Wildman–Crippen MR) is 160 cm³/mol. The summed E-state index contributed by atoms with van der Waals surface area (Å²) in [5, 5.41) is 4.85. The van der Waals surface area contributed by atoms with Crippen molar-refractivity contribution in [3.8, 4) is 0 Å². The van der Waals surface area contributed by atoms with Gasteiger partial charge in [0.2, 0.25) is 0 Å². The molecule has 200 valence electrons. The summed E-state index contributed by atoms with van der Waals surface area (Å²) in [5.74, 6) is -0.326. The topological polar surface area (TPSA) is 26.3 Å². The number of benzene rings is 3. The Balaban J connectivity index is 1.82. The van der Waals surface area contributed by atoms with Crippen molar-refractivity contribution < 1.29 is 9.53 Å². The summed E-state index contributed by atoms with van der Waals surface area (Å²) in [7, 11) is 0. The van der Waals surface area contributed by atoms with Crippen LogP contribution in [0.3, 0.4) is 0 Å². The van der Waals surface area contributed by atoms with Crippen LogP contribution in [0.2, 0.25) is 0 Å². The number of carbonyl (C=O) groups is 1. The van der Waals surface area contributed by atoms with Crippen LogP contribution in [-0.2, 0) is 29.0 Å². The molecule has 3 aromatic carbocycles. The fourth-order valence-electron chi connectivity index (χ4n) is 5.26. The van der Waals surface area contributed by atoms with Gasteiger partial charge in [0.1, 0.15) is 6.61 Å². The Kier molecular flexibility index (Phi) is 12.2. The van der Waals surface area contributed by atoms with E-state index >= 15 is 0 Å². The van der Waals surface area contributed by atoms with Crippen molar-refractivity contribution in [3.05, 3.63) is 71.3 Å². The summed E-state index contributed by atoms with van der Waals surface area (Å²) in [6, 6.07) is 16.0. The van der Waals surface area contributed by atoms with Gasteiger partial charge in [-0.25, -0.2) is 4.79 Å². The number of fused-ring (bicyclic) bond motifs is 2. The molecule has 0 aliphatic heterocycles. The number of carbonyl (C=O) groups excluding carboxylic acids is 1. The number of aryl methyl sites for hydroxylation is 2. The van der Waals surface area contributed by atoms with E-state index in [0.29, 0.717) is 5.57 Å². The van der Waals surface area contributed by atoms with Crippen molar-refractivity contribution in [1.29, 1.82) is 0 Å². The number of hydrogen-bond acceptors (Lipinski definition) is 2. The highest BCUT2D eigenvalue weighted by molar-refractivity contribution is 6.03. The Morgan fingerprint density at radius 1 is 0.676 bits per heavy atom. The minimum Gasteiger partial charge on any atom is -0.457 e. The Hall–Kier alpha value is -2.61. The second kappa shape index (κ2) is 15.6. The molecule has 0 N–H and O–H groups in total. The Bertz CT molecular complexity index is 1160. The summed E-state index contributed by atoms with van der Waals surface area (Å²) in [6.07, 6.45) is 17.9. The fraction of sp³-hybridized carbons (Fsp3) is 0.514. The van der Waals surface area contributed by atoms with E-state index in [2.05, 4.69) is 62.9 Å². The highest BCUT2D eigenvalue weighted by Crippen LogP contribution is 2.32. The van der Waals surface area contributed by atoms with Crippen LogP contribution < -0.4 is 0 Å². The van der Waals surface area contributed by atoms with Gasteiger partial charge in [0, 0.05) is 11.1 Å². The van der Waals surface area contributed by atoms with Crippen LogP contribution in [0.25, 0.3) is 21.5 Å². The molecule has 0 spiro atoms. The van der Waals surface area contributed by atoms with Crippen molar-refractivity contribution in [2.45, 2.75) is 117 Å². The van der Waals surface area contributed by atoms with Crippen molar-refractivity contribution in [2.75, 3.05) is 0 Å². The first-order valence-corrected chi connectivity index (χ1v) is 14.8. The Labute approximate surface area is 225 Å². The Morgan fingerprint density at radius 3 is 1.86 bits per heavy atom. The first kappa shape index (κ1) is 29.0. The molecule has 2 nitrogen and oxygen atoms in total. The second-order valence-corrected chi connectivity index (χ2v) is 10.9. The summed E-state index contributed by atoms with van der Waals surface area (Å²) >= 11 is 0. The largest absolute Gasteiger partial charge is 0.457 e. The number of unbranched alkanes of at least 4 members (excludes halogenated alkanes) is 10. The lowest BCUT2D eigenvalue weighted by Crippen LogP contribution is -2.06. The molecular formula is C35H48O2. The van der Waals surface area contributed by atoms with Crippen LogP contribution in [0, 0.1) is 0 Å². The standard InChI is InChI=1S/C35H48O2/c1-5-7-9-11-13-15-17-28-20-22-32-31(23-28)25-30-21-19-29(18-16-14-12-10-8-6-2)24-33(30)34(32)26-37-35(36)27(3)4/h19-25H,3,5-18,26H2,1-2,4H3. The normalized spacial score (nSPS) is 11.3. The first-order chi connectivity index (χ1) is 18.0. The lowest BCUT2D eigenvalue weighted by Gasteiger charge is -2.15. The molecule has 0 amide bonds. The number of ether oxygens (including phenoxy) is 1. The van der Waals surface area contributed by atoms with Crippen LogP contribution in [0.5, 0.6) is 0 Å². The molecule has 0 atom stereocenters. The number of rotatable bonds is 17. The maximum Gasteiger partial charge on any atom is 0.333 e. The third-order valence-electron chi connectivity index (χ3n) is 7.53. The number of hydrogen-bond donors (Lipinski definition) is 0. The zero-order valence-electron chi connectivity index (χ0n) is 23.7. The van der Waals surface area contributed by atoms with Gasteiger partial charge in [0.25, 0.3) is 0 Å². The fourth-order valence-corrected chi connectivity index (χ4v) is 5.26. The summed E-state index contributed by atoms with van der Waals surface area (Å²) in [4.78, 5) is 12.2.